The van der Waals surface area contributed by atoms with Crippen LogP contribution in [-0.4, -0.2) is 55.7 Å². The zero-order valence-corrected chi connectivity index (χ0v) is 12.8. The van der Waals surface area contributed by atoms with E-state index in [1.165, 1.54) is 9.80 Å². The molecule has 0 bridgehead atoms. The van der Waals surface area contributed by atoms with Crippen LogP contribution in [0.3, 0.4) is 0 Å². The third-order valence-electron chi connectivity index (χ3n) is 3.99. The fraction of sp³-hybridized carbons (Fsp3) is 0.778. The molecule has 2 aliphatic rings. The van der Waals surface area contributed by atoms with E-state index >= 15 is 0 Å². The van der Waals surface area contributed by atoms with Crippen molar-refractivity contribution < 1.29 is 9.59 Å². The van der Waals surface area contributed by atoms with E-state index in [0.717, 1.165) is 0 Å². The highest BCUT2D eigenvalue weighted by Crippen LogP contribution is 2.46. The first-order chi connectivity index (χ1) is 8.38. The topological polar surface area (TPSA) is 55.9 Å². The van der Waals surface area contributed by atoms with Crippen molar-refractivity contribution in [2.75, 3.05) is 17.6 Å². The Bertz CT molecular complexity index is 407. The fourth-order valence-electron chi connectivity index (χ4n) is 2.71. The third kappa shape index (κ3) is 1.35. The minimum Gasteiger partial charge on any atom is -0.311 e. The number of hydrogen-bond donors (Lipinski definition) is 4. The summed E-state index contributed by atoms with van der Waals surface area (Å²) in [5, 5.41) is 2.85. The molecule has 0 aromatic carbocycles. The lowest BCUT2D eigenvalue weighted by atomic mass is 9.97. The first kappa shape index (κ1) is 14.0. The number of thiol groups is 3. The number of hydrogen-bond acceptors (Lipinski definition) is 5. The van der Waals surface area contributed by atoms with E-state index < -0.39 is 11.3 Å². The summed E-state index contributed by atoms with van der Waals surface area (Å²) in [6.45, 7) is 3.64. The third-order valence-corrected chi connectivity index (χ3v) is 4.84. The van der Waals surface area contributed by atoms with Crippen molar-refractivity contribution in [2.24, 2.45) is 0 Å². The van der Waals surface area contributed by atoms with Crippen LogP contribution in [0.2, 0.25) is 0 Å². The minimum atomic E-state index is -0.839. The first-order valence-electron chi connectivity index (χ1n) is 5.40. The van der Waals surface area contributed by atoms with Crippen molar-refractivity contribution in [1.29, 1.82) is 0 Å². The predicted molar refractivity (Wildman–Crippen MR) is 77.8 cm³/mol. The van der Waals surface area contributed by atoms with E-state index in [-0.39, 0.29) is 29.7 Å². The quantitative estimate of drug-likeness (QED) is 0.584. The van der Waals surface area contributed by atoms with E-state index in [1.54, 1.807) is 4.90 Å². The van der Waals surface area contributed by atoms with E-state index in [0.29, 0.717) is 0 Å². The Morgan fingerprint density at radius 2 is 1.50 bits per heavy atom. The van der Waals surface area contributed by atoms with Crippen LogP contribution in [0.4, 0.5) is 9.59 Å². The summed E-state index contributed by atoms with van der Waals surface area (Å²) in [7, 11) is 0. The smallest absolute Gasteiger partial charge is 0.311 e. The maximum Gasteiger partial charge on any atom is 0.325 e. The number of nitrogens with one attached hydrogen (secondary N) is 1. The summed E-state index contributed by atoms with van der Waals surface area (Å²) < 4.78 is 0. The Morgan fingerprint density at radius 1 is 1.00 bits per heavy atom. The molecular weight excluding hydrogens is 292 g/mol. The Labute approximate surface area is 122 Å². The SMILES string of the molecule is CC12NC(=O)N(CS)C1(C)N(CS)C(=O)N2CS. The highest BCUT2D eigenvalue weighted by atomic mass is 32.1. The van der Waals surface area contributed by atoms with Gasteiger partial charge >= 0.3 is 12.1 Å². The molecule has 2 saturated heterocycles. The second kappa shape index (κ2) is 4.31. The van der Waals surface area contributed by atoms with Gasteiger partial charge < -0.3 is 5.32 Å². The Balaban J connectivity index is 2.58. The molecule has 9 heteroatoms. The standard InChI is InChI=1S/C9H16N4O2S3/c1-8-9(2,11(3-16)6(14)10-8)13(5-18)7(15)12(8)4-17/h16-18H,3-5H2,1-2H3,(H,10,14). The average Bonchev–Trinajstić information content (AvgIpc) is 2.57. The van der Waals surface area contributed by atoms with Gasteiger partial charge in [-0.25, -0.2) is 9.59 Å². The summed E-state index contributed by atoms with van der Waals surface area (Å²) in [6.07, 6.45) is 0. The number of amides is 4. The van der Waals surface area contributed by atoms with Crippen LogP contribution < -0.4 is 5.32 Å². The molecule has 0 spiro atoms. The number of nitrogens with zero attached hydrogens (tertiary/aromatic N) is 3. The lowest BCUT2D eigenvalue weighted by Crippen LogP contribution is -2.64. The van der Waals surface area contributed by atoms with Gasteiger partial charge in [0.25, 0.3) is 0 Å². The highest BCUT2D eigenvalue weighted by molar-refractivity contribution is 7.80. The van der Waals surface area contributed by atoms with E-state index in [1.807, 2.05) is 13.8 Å². The molecule has 2 rings (SSSR count). The molecular formula is C9H16N4O2S3. The lowest BCUT2D eigenvalue weighted by Gasteiger charge is -2.42. The van der Waals surface area contributed by atoms with Gasteiger partial charge in [0.1, 0.15) is 0 Å². The van der Waals surface area contributed by atoms with Crippen LogP contribution >= 0.6 is 37.9 Å². The van der Waals surface area contributed by atoms with Crippen molar-refractivity contribution in [2.45, 2.75) is 25.2 Å². The van der Waals surface area contributed by atoms with Gasteiger partial charge in [-0.3, -0.25) is 14.7 Å². The monoisotopic (exact) mass is 308 g/mol. The molecule has 2 unspecified atom stereocenters. The molecule has 0 saturated carbocycles. The number of carbonyl (C=O) groups is 2. The Morgan fingerprint density at radius 3 is 1.94 bits per heavy atom. The summed E-state index contributed by atoms with van der Waals surface area (Å²) >= 11 is 12.6. The van der Waals surface area contributed by atoms with Crippen LogP contribution in [0.5, 0.6) is 0 Å². The largest absolute Gasteiger partial charge is 0.325 e. The van der Waals surface area contributed by atoms with Gasteiger partial charge in [-0.2, -0.15) is 37.9 Å². The van der Waals surface area contributed by atoms with E-state index in [4.69, 9.17) is 0 Å². The molecule has 6 nitrogen and oxygen atoms in total. The van der Waals surface area contributed by atoms with Gasteiger partial charge in [-0.05, 0) is 13.8 Å². The van der Waals surface area contributed by atoms with Crippen LogP contribution in [0.15, 0.2) is 0 Å². The van der Waals surface area contributed by atoms with Gasteiger partial charge in [-0.1, -0.05) is 0 Å². The van der Waals surface area contributed by atoms with Gasteiger partial charge in [0, 0.05) is 0 Å². The molecule has 0 radical (unpaired) electrons. The molecule has 2 aliphatic heterocycles. The molecule has 2 fully saturated rings. The lowest BCUT2D eigenvalue weighted by molar-refractivity contribution is 0.0202. The fourth-order valence-corrected chi connectivity index (χ4v) is 3.92. The van der Waals surface area contributed by atoms with Gasteiger partial charge in [0.15, 0.2) is 11.3 Å². The number of fused-ring (bicyclic) bond motifs is 1. The van der Waals surface area contributed by atoms with Crippen molar-refractivity contribution in [3.8, 4) is 0 Å². The van der Waals surface area contributed by atoms with Crippen molar-refractivity contribution in [1.82, 2.24) is 20.0 Å². The Kier molecular flexibility index (Phi) is 3.35. The summed E-state index contributed by atoms with van der Waals surface area (Å²) in [5.41, 5.74) is -1.66. The molecule has 0 aromatic rings. The molecule has 102 valence electrons. The van der Waals surface area contributed by atoms with E-state index in [9.17, 15) is 9.59 Å². The molecule has 0 aliphatic carbocycles. The summed E-state index contributed by atoms with van der Waals surface area (Å²) in [5.74, 6) is 0.653. The second-order valence-electron chi connectivity index (χ2n) is 4.51. The van der Waals surface area contributed by atoms with Crippen LogP contribution in [0.25, 0.3) is 0 Å². The van der Waals surface area contributed by atoms with Crippen molar-refractivity contribution in [3.05, 3.63) is 0 Å². The predicted octanol–water partition coefficient (Wildman–Crippen LogP) is 0.844. The average molecular weight is 308 g/mol. The molecule has 18 heavy (non-hydrogen) atoms. The minimum absolute atomic E-state index is 0.197. The maximum atomic E-state index is 12.3. The summed E-state index contributed by atoms with van der Waals surface area (Å²) in [4.78, 5) is 28.9. The van der Waals surface area contributed by atoms with Crippen LogP contribution in [0.1, 0.15) is 13.8 Å². The number of urea groups is 2. The van der Waals surface area contributed by atoms with Gasteiger partial charge in [-0.15, -0.1) is 0 Å². The first-order valence-corrected chi connectivity index (χ1v) is 7.29. The van der Waals surface area contributed by atoms with Crippen LogP contribution in [-0.2, 0) is 0 Å². The number of carbonyl (C=O) groups excluding carboxylic acids is 2. The zero-order valence-electron chi connectivity index (χ0n) is 10.1. The highest BCUT2D eigenvalue weighted by Gasteiger charge is 2.70. The van der Waals surface area contributed by atoms with Gasteiger partial charge in [0.2, 0.25) is 0 Å². The maximum absolute atomic E-state index is 12.3. The number of rotatable bonds is 3. The second-order valence-corrected chi connectivity index (χ2v) is 5.36. The van der Waals surface area contributed by atoms with Gasteiger partial charge in [0.05, 0.1) is 17.6 Å². The van der Waals surface area contributed by atoms with E-state index in [2.05, 4.69) is 43.2 Å². The molecule has 2 heterocycles. The normalized spacial score (nSPS) is 35.3. The molecule has 2 atom stereocenters. The van der Waals surface area contributed by atoms with Crippen molar-refractivity contribution >= 4 is 49.9 Å². The van der Waals surface area contributed by atoms with Crippen molar-refractivity contribution in [3.63, 3.8) is 0 Å². The zero-order chi connectivity index (χ0) is 13.7. The molecule has 4 amide bonds. The molecule has 0 aromatic heterocycles. The van der Waals surface area contributed by atoms with Crippen LogP contribution in [0, 0.1) is 0 Å². The summed E-state index contributed by atoms with van der Waals surface area (Å²) in [6, 6.07) is -0.446. The Hall–Kier alpha value is -0.410. The molecule has 1 N–H and O–H groups in total.